The van der Waals surface area contributed by atoms with Gasteiger partial charge in [-0.2, -0.15) is 0 Å². The van der Waals surface area contributed by atoms with E-state index in [0.29, 0.717) is 33.6 Å². The van der Waals surface area contributed by atoms with E-state index in [9.17, 15) is 9.59 Å². The van der Waals surface area contributed by atoms with Gasteiger partial charge in [0.1, 0.15) is 5.65 Å². The van der Waals surface area contributed by atoms with Gasteiger partial charge in [0.15, 0.2) is 0 Å². The fraction of sp³-hybridized carbons (Fsp3) is 0.250. The summed E-state index contributed by atoms with van der Waals surface area (Å²) in [7, 11) is 0. The Balaban J connectivity index is 1.53. The fourth-order valence-electron chi connectivity index (χ4n) is 3.51. The summed E-state index contributed by atoms with van der Waals surface area (Å²) in [6, 6.07) is 11.6. The quantitative estimate of drug-likeness (QED) is 0.705. The van der Waals surface area contributed by atoms with Gasteiger partial charge >= 0.3 is 0 Å². The van der Waals surface area contributed by atoms with Crippen molar-refractivity contribution in [2.45, 2.75) is 25.4 Å². The lowest BCUT2D eigenvalue weighted by atomic mass is 10.2. The van der Waals surface area contributed by atoms with Gasteiger partial charge in [-0.25, -0.2) is 4.98 Å². The van der Waals surface area contributed by atoms with Crippen molar-refractivity contribution >= 4 is 40.4 Å². The van der Waals surface area contributed by atoms with E-state index in [-0.39, 0.29) is 17.5 Å². The van der Waals surface area contributed by atoms with Crippen LogP contribution in [0.3, 0.4) is 0 Å². The molecule has 3 heterocycles. The molecule has 1 fully saturated rings. The molecule has 6 nitrogen and oxygen atoms in total. The van der Waals surface area contributed by atoms with Crippen LogP contribution in [0.1, 0.15) is 18.5 Å². The SMILES string of the molecule is O=C(Nc1cc(Cl)ccc1Cl)[C@@H]1CCCN1Cc1cc(=O)n2ccccc2n1. The molecule has 28 heavy (non-hydrogen) atoms. The van der Waals surface area contributed by atoms with Crippen LogP contribution in [0, 0.1) is 0 Å². The number of anilines is 1. The van der Waals surface area contributed by atoms with Gasteiger partial charge in [0.05, 0.1) is 22.4 Å². The monoisotopic (exact) mass is 416 g/mol. The molecule has 0 unspecified atom stereocenters. The average molecular weight is 417 g/mol. The predicted molar refractivity (Wildman–Crippen MR) is 110 cm³/mol. The minimum absolute atomic E-state index is 0.133. The second-order valence-electron chi connectivity index (χ2n) is 6.76. The van der Waals surface area contributed by atoms with Crippen molar-refractivity contribution in [3.63, 3.8) is 0 Å². The van der Waals surface area contributed by atoms with E-state index in [2.05, 4.69) is 10.3 Å². The molecular formula is C20H18Cl2N4O2. The van der Waals surface area contributed by atoms with E-state index in [1.165, 1.54) is 10.5 Å². The second-order valence-corrected chi connectivity index (χ2v) is 7.60. The number of carbonyl (C=O) groups excluding carboxylic acids is 1. The largest absolute Gasteiger partial charge is 0.323 e. The summed E-state index contributed by atoms with van der Waals surface area (Å²) in [6.07, 6.45) is 3.32. The van der Waals surface area contributed by atoms with Crippen LogP contribution in [0.15, 0.2) is 53.5 Å². The summed E-state index contributed by atoms with van der Waals surface area (Å²) in [4.78, 5) is 31.7. The molecule has 0 saturated carbocycles. The Labute approximate surface area is 171 Å². The number of nitrogens with zero attached hydrogens (tertiary/aromatic N) is 3. The smallest absolute Gasteiger partial charge is 0.258 e. The molecule has 144 valence electrons. The van der Waals surface area contributed by atoms with E-state index < -0.39 is 0 Å². The Morgan fingerprint density at radius 1 is 1.21 bits per heavy atom. The van der Waals surface area contributed by atoms with Crippen LogP contribution in [0.2, 0.25) is 10.0 Å². The minimum Gasteiger partial charge on any atom is -0.323 e. The number of nitrogens with one attached hydrogen (secondary N) is 1. The lowest BCUT2D eigenvalue weighted by Crippen LogP contribution is -2.39. The topological polar surface area (TPSA) is 66.7 Å². The maximum atomic E-state index is 12.8. The standard InChI is InChI=1S/C20H18Cl2N4O2/c21-13-6-7-15(22)16(10-13)24-20(28)17-4-3-8-25(17)12-14-11-19(27)26-9-2-1-5-18(26)23-14/h1-2,5-7,9-11,17H,3-4,8,12H2,(H,24,28)/t17-/m0/s1. The minimum atomic E-state index is -0.314. The number of benzene rings is 1. The number of aromatic nitrogens is 2. The number of pyridine rings is 1. The summed E-state index contributed by atoms with van der Waals surface area (Å²) in [5, 5.41) is 3.81. The van der Waals surface area contributed by atoms with Gasteiger partial charge in [0.25, 0.3) is 5.56 Å². The van der Waals surface area contributed by atoms with Gasteiger partial charge in [-0.05, 0) is 49.7 Å². The number of fused-ring (bicyclic) bond motifs is 1. The van der Waals surface area contributed by atoms with E-state index in [1.807, 2.05) is 11.0 Å². The first-order valence-electron chi connectivity index (χ1n) is 8.98. The first kappa shape index (κ1) is 18.9. The van der Waals surface area contributed by atoms with Crippen molar-refractivity contribution in [1.82, 2.24) is 14.3 Å². The third-order valence-corrected chi connectivity index (χ3v) is 5.41. The van der Waals surface area contributed by atoms with Crippen molar-refractivity contribution in [2.75, 3.05) is 11.9 Å². The lowest BCUT2D eigenvalue weighted by molar-refractivity contribution is -0.120. The predicted octanol–water partition coefficient (Wildman–Crippen LogP) is 3.60. The first-order chi connectivity index (χ1) is 13.5. The molecule has 1 amide bonds. The molecule has 0 bridgehead atoms. The van der Waals surface area contributed by atoms with Crippen LogP contribution in [0.25, 0.3) is 5.65 Å². The van der Waals surface area contributed by atoms with Gasteiger partial charge in [0, 0.05) is 23.8 Å². The number of halogens is 2. The van der Waals surface area contributed by atoms with Crippen molar-refractivity contribution < 1.29 is 4.79 Å². The molecule has 0 aliphatic carbocycles. The Kier molecular flexibility index (Phi) is 5.35. The molecule has 1 aliphatic heterocycles. The molecule has 1 aromatic carbocycles. The third kappa shape index (κ3) is 3.90. The number of hydrogen-bond acceptors (Lipinski definition) is 4. The summed E-state index contributed by atoms with van der Waals surface area (Å²) in [5.41, 5.74) is 1.60. The Morgan fingerprint density at radius 2 is 2.07 bits per heavy atom. The summed E-state index contributed by atoms with van der Waals surface area (Å²) < 4.78 is 1.50. The average Bonchev–Trinajstić information content (AvgIpc) is 3.13. The van der Waals surface area contributed by atoms with E-state index in [1.54, 1.807) is 36.5 Å². The molecule has 2 aromatic heterocycles. The van der Waals surface area contributed by atoms with Crippen molar-refractivity contribution in [1.29, 1.82) is 0 Å². The lowest BCUT2D eigenvalue weighted by Gasteiger charge is -2.23. The van der Waals surface area contributed by atoms with Crippen LogP contribution in [-0.2, 0) is 11.3 Å². The zero-order valence-corrected chi connectivity index (χ0v) is 16.5. The highest BCUT2D eigenvalue weighted by Crippen LogP contribution is 2.27. The molecule has 1 N–H and O–H groups in total. The number of amides is 1. The highest BCUT2D eigenvalue weighted by Gasteiger charge is 2.31. The molecule has 3 aromatic rings. The van der Waals surface area contributed by atoms with E-state index in [4.69, 9.17) is 23.2 Å². The van der Waals surface area contributed by atoms with Crippen molar-refractivity contribution in [2.24, 2.45) is 0 Å². The molecule has 8 heteroatoms. The van der Waals surface area contributed by atoms with Crippen LogP contribution in [-0.4, -0.2) is 32.8 Å². The normalized spacial score (nSPS) is 17.1. The van der Waals surface area contributed by atoms with Crippen LogP contribution in [0.4, 0.5) is 5.69 Å². The number of hydrogen-bond donors (Lipinski definition) is 1. The van der Waals surface area contributed by atoms with Crippen LogP contribution >= 0.6 is 23.2 Å². The van der Waals surface area contributed by atoms with Crippen molar-refractivity contribution in [3.8, 4) is 0 Å². The highest BCUT2D eigenvalue weighted by molar-refractivity contribution is 6.35. The summed E-state index contributed by atoms with van der Waals surface area (Å²) in [6.45, 7) is 1.19. The van der Waals surface area contributed by atoms with E-state index >= 15 is 0 Å². The molecule has 0 radical (unpaired) electrons. The number of likely N-dealkylation sites (tertiary alicyclic amines) is 1. The van der Waals surface area contributed by atoms with Crippen LogP contribution in [0.5, 0.6) is 0 Å². The third-order valence-electron chi connectivity index (χ3n) is 4.84. The maximum absolute atomic E-state index is 12.8. The van der Waals surface area contributed by atoms with Gasteiger partial charge < -0.3 is 5.32 Å². The van der Waals surface area contributed by atoms with Crippen LogP contribution < -0.4 is 10.9 Å². The maximum Gasteiger partial charge on any atom is 0.258 e. The molecular weight excluding hydrogens is 399 g/mol. The van der Waals surface area contributed by atoms with Gasteiger partial charge in [-0.1, -0.05) is 29.3 Å². The van der Waals surface area contributed by atoms with Gasteiger partial charge in [-0.15, -0.1) is 0 Å². The van der Waals surface area contributed by atoms with Crippen molar-refractivity contribution in [3.05, 3.63) is 74.8 Å². The molecule has 1 atom stereocenters. The molecule has 1 saturated heterocycles. The Hall–Kier alpha value is -2.41. The molecule has 4 rings (SSSR count). The fourth-order valence-corrected chi connectivity index (χ4v) is 3.85. The Bertz CT molecular complexity index is 1100. The highest BCUT2D eigenvalue weighted by atomic mass is 35.5. The Morgan fingerprint density at radius 3 is 2.93 bits per heavy atom. The summed E-state index contributed by atoms with van der Waals surface area (Å²) >= 11 is 12.2. The molecule has 1 aliphatic rings. The zero-order valence-electron chi connectivity index (χ0n) is 14.9. The van der Waals surface area contributed by atoms with Gasteiger partial charge in [-0.3, -0.25) is 18.9 Å². The second kappa shape index (κ2) is 7.91. The first-order valence-corrected chi connectivity index (χ1v) is 9.74. The summed E-state index contributed by atoms with van der Waals surface area (Å²) in [5.74, 6) is -0.140. The van der Waals surface area contributed by atoms with Gasteiger partial charge in [0.2, 0.25) is 5.91 Å². The number of carbonyl (C=O) groups is 1. The number of rotatable bonds is 4. The molecule has 0 spiro atoms. The van der Waals surface area contributed by atoms with E-state index in [0.717, 1.165) is 19.4 Å². The zero-order chi connectivity index (χ0) is 19.7.